The lowest BCUT2D eigenvalue weighted by atomic mass is 10.1. The summed E-state index contributed by atoms with van der Waals surface area (Å²) in [7, 11) is 0. The van der Waals surface area contributed by atoms with Crippen LogP contribution in [0.15, 0.2) is 0 Å². The minimum absolute atomic E-state index is 0.780. The van der Waals surface area contributed by atoms with Crippen molar-refractivity contribution >= 4 is 0 Å². The first kappa shape index (κ1) is 16.9. The summed E-state index contributed by atoms with van der Waals surface area (Å²) < 4.78 is 0. The molecule has 0 aliphatic carbocycles. The van der Waals surface area contributed by atoms with E-state index in [1.165, 1.54) is 45.7 Å². The first-order valence-corrected chi connectivity index (χ1v) is 7.44. The van der Waals surface area contributed by atoms with Crippen LogP contribution in [-0.2, 0) is 0 Å². The van der Waals surface area contributed by atoms with Crippen LogP contribution in [0.2, 0.25) is 0 Å². The Balaban J connectivity index is 3.89. The molecular formula is C15H34N2. The summed E-state index contributed by atoms with van der Waals surface area (Å²) in [6, 6.07) is 0. The third-order valence-corrected chi connectivity index (χ3v) is 3.09. The molecule has 0 heterocycles. The molecule has 0 fully saturated rings. The highest BCUT2D eigenvalue weighted by Crippen LogP contribution is 2.05. The lowest BCUT2D eigenvalue weighted by molar-refractivity contribution is 0.200. The molecule has 0 saturated carbocycles. The first-order chi connectivity index (χ1) is 7.99. The van der Waals surface area contributed by atoms with Gasteiger partial charge in [-0.2, -0.15) is 0 Å². The summed E-state index contributed by atoms with van der Waals surface area (Å²) in [4.78, 5) is 5.15. The Hall–Kier alpha value is -0.0800. The van der Waals surface area contributed by atoms with Crippen LogP contribution in [0.1, 0.15) is 48.0 Å². The fraction of sp³-hybridized carbons (Fsp3) is 1.00. The molecule has 0 aliphatic heterocycles. The van der Waals surface area contributed by atoms with E-state index in [0.717, 1.165) is 11.8 Å². The van der Waals surface area contributed by atoms with Crippen LogP contribution in [0.25, 0.3) is 0 Å². The maximum Gasteiger partial charge on any atom is 0.000450 e. The molecule has 0 aromatic heterocycles. The largest absolute Gasteiger partial charge is 0.304 e. The molecule has 0 rings (SSSR count). The van der Waals surface area contributed by atoms with Crippen LogP contribution < -0.4 is 0 Å². The van der Waals surface area contributed by atoms with Crippen molar-refractivity contribution in [3.63, 3.8) is 0 Å². The Morgan fingerprint density at radius 2 is 1.12 bits per heavy atom. The maximum absolute atomic E-state index is 2.64. The molecule has 0 bridgehead atoms. The topological polar surface area (TPSA) is 6.48 Å². The van der Waals surface area contributed by atoms with E-state index in [1.54, 1.807) is 0 Å². The van der Waals surface area contributed by atoms with Crippen molar-refractivity contribution in [2.24, 2.45) is 11.8 Å². The fourth-order valence-electron chi connectivity index (χ4n) is 2.35. The maximum atomic E-state index is 2.64. The molecular weight excluding hydrogens is 208 g/mol. The van der Waals surface area contributed by atoms with Crippen molar-refractivity contribution in [3.8, 4) is 0 Å². The van der Waals surface area contributed by atoms with Gasteiger partial charge in [-0.25, -0.2) is 0 Å². The standard InChI is InChI=1S/C15H34N2/c1-7-16(8-2)10-9-11-17(12-14(3)4)13-15(5)6/h14-15H,7-13H2,1-6H3. The van der Waals surface area contributed by atoms with Gasteiger partial charge in [-0.05, 0) is 44.4 Å². The van der Waals surface area contributed by atoms with Crippen LogP contribution in [0.5, 0.6) is 0 Å². The zero-order chi connectivity index (χ0) is 13.3. The van der Waals surface area contributed by atoms with E-state index in [2.05, 4.69) is 51.3 Å². The average molecular weight is 242 g/mol. The summed E-state index contributed by atoms with van der Waals surface area (Å²) in [6.07, 6.45) is 1.31. The predicted octanol–water partition coefficient (Wildman–Crippen LogP) is 3.33. The Morgan fingerprint density at radius 3 is 1.47 bits per heavy atom. The third kappa shape index (κ3) is 9.61. The summed E-state index contributed by atoms with van der Waals surface area (Å²) in [5.74, 6) is 1.56. The molecule has 2 heteroatoms. The van der Waals surface area contributed by atoms with Gasteiger partial charge in [0, 0.05) is 13.1 Å². The number of hydrogen-bond donors (Lipinski definition) is 0. The lowest BCUT2D eigenvalue weighted by Gasteiger charge is -2.27. The van der Waals surface area contributed by atoms with Gasteiger partial charge in [-0.3, -0.25) is 0 Å². The molecule has 0 saturated heterocycles. The second kappa shape index (κ2) is 9.90. The van der Waals surface area contributed by atoms with Crippen LogP contribution in [0, 0.1) is 11.8 Å². The highest BCUT2D eigenvalue weighted by molar-refractivity contribution is 4.64. The van der Waals surface area contributed by atoms with E-state index in [4.69, 9.17) is 0 Å². The Bertz CT molecular complexity index is 152. The van der Waals surface area contributed by atoms with Gasteiger partial charge in [0.15, 0.2) is 0 Å². The number of rotatable bonds is 10. The van der Waals surface area contributed by atoms with Gasteiger partial charge < -0.3 is 9.80 Å². The molecule has 2 nitrogen and oxygen atoms in total. The average Bonchev–Trinajstić information content (AvgIpc) is 2.22. The summed E-state index contributed by atoms with van der Waals surface area (Å²) in [5.41, 5.74) is 0. The molecule has 0 spiro atoms. The first-order valence-electron chi connectivity index (χ1n) is 7.44. The van der Waals surface area contributed by atoms with Crippen molar-refractivity contribution in [2.75, 3.05) is 39.3 Å². The van der Waals surface area contributed by atoms with E-state index >= 15 is 0 Å². The molecule has 0 aliphatic rings. The fourth-order valence-corrected chi connectivity index (χ4v) is 2.35. The van der Waals surface area contributed by atoms with Gasteiger partial charge in [0.2, 0.25) is 0 Å². The highest BCUT2D eigenvalue weighted by Gasteiger charge is 2.09. The molecule has 0 aromatic rings. The van der Waals surface area contributed by atoms with E-state index < -0.39 is 0 Å². The van der Waals surface area contributed by atoms with Crippen LogP contribution >= 0.6 is 0 Å². The predicted molar refractivity (Wildman–Crippen MR) is 78.5 cm³/mol. The van der Waals surface area contributed by atoms with Gasteiger partial charge >= 0.3 is 0 Å². The number of hydrogen-bond acceptors (Lipinski definition) is 2. The molecule has 0 radical (unpaired) electrons. The molecule has 0 atom stereocenters. The lowest BCUT2D eigenvalue weighted by Crippen LogP contribution is -2.34. The van der Waals surface area contributed by atoms with E-state index in [1.807, 2.05) is 0 Å². The Labute approximate surface area is 109 Å². The molecule has 0 aromatic carbocycles. The molecule has 104 valence electrons. The second-order valence-electron chi connectivity index (χ2n) is 5.93. The second-order valence-corrected chi connectivity index (χ2v) is 5.93. The van der Waals surface area contributed by atoms with E-state index in [-0.39, 0.29) is 0 Å². The van der Waals surface area contributed by atoms with Crippen molar-refractivity contribution < 1.29 is 0 Å². The van der Waals surface area contributed by atoms with Crippen molar-refractivity contribution in [1.29, 1.82) is 0 Å². The van der Waals surface area contributed by atoms with Gasteiger partial charge in [0.25, 0.3) is 0 Å². The minimum Gasteiger partial charge on any atom is -0.304 e. The van der Waals surface area contributed by atoms with Gasteiger partial charge in [0.05, 0.1) is 0 Å². The normalized spacial score (nSPS) is 12.4. The van der Waals surface area contributed by atoms with Crippen molar-refractivity contribution in [2.45, 2.75) is 48.0 Å². The smallest absolute Gasteiger partial charge is 0.000450 e. The van der Waals surface area contributed by atoms with Gasteiger partial charge in [-0.1, -0.05) is 41.5 Å². The molecule has 0 N–H and O–H groups in total. The monoisotopic (exact) mass is 242 g/mol. The van der Waals surface area contributed by atoms with Crippen molar-refractivity contribution in [1.82, 2.24) is 9.80 Å². The Morgan fingerprint density at radius 1 is 0.706 bits per heavy atom. The van der Waals surface area contributed by atoms with Crippen LogP contribution in [0.4, 0.5) is 0 Å². The van der Waals surface area contributed by atoms with Gasteiger partial charge in [-0.15, -0.1) is 0 Å². The zero-order valence-electron chi connectivity index (χ0n) is 13.0. The van der Waals surface area contributed by atoms with Crippen molar-refractivity contribution in [3.05, 3.63) is 0 Å². The summed E-state index contributed by atoms with van der Waals surface area (Å²) in [6.45, 7) is 21.1. The third-order valence-electron chi connectivity index (χ3n) is 3.09. The zero-order valence-corrected chi connectivity index (χ0v) is 13.0. The van der Waals surface area contributed by atoms with Gasteiger partial charge in [0.1, 0.15) is 0 Å². The minimum atomic E-state index is 0.780. The summed E-state index contributed by atoms with van der Waals surface area (Å²) in [5, 5.41) is 0. The summed E-state index contributed by atoms with van der Waals surface area (Å²) >= 11 is 0. The SMILES string of the molecule is CCN(CC)CCCN(CC(C)C)CC(C)C. The van der Waals surface area contributed by atoms with Crippen LogP contribution in [-0.4, -0.2) is 49.1 Å². The highest BCUT2D eigenvalue weighted by atomic mass is 15.1. The van der Waals surface area contributed by atoms with E-state index in [9.17, 15) is 0 Å². The van der Waals surface area contributed by atoms with E-state index in [0.29, 0.717) is 0 Å². The van der Waals surface area contributed by atoms with Crippen LogP contribution in [0.3, 0.4) is 0 Å². The number of nitrogens with zero attached hydrogens (tertiary/aromatic N) is 2. The Kier molecular flexibility index (Phi) is 9.85. The molecule has 0 unspecified atom stereocenters. The quantitative estimate of drug-likeness (QED) is 0.580. The molecule has 17 heavy (non-hydrogen) atoms. The molecule has 0 amide bonds.